The van der Waals surface area contributed by atoms with Gasteiger partial charge in [-0.2, -0.15) is 5.10 Å². The van der Waals surface area contributed by atoms with Crippen molar-refractivity contribution in [1.82, 2.24) is 19.6 Å². The van der Waals surface area contributed by atoms with Gasteiger partial charge in [-0.3, -0.25) is 14.5 Å². The highest BCUT2D eigenvalue weighted by Crippen LogP contribution is 2.08. The van der Waals surface area contributed by atoms with Crippen LogP contribution in [0.4, 0.5) is 0 Å². The van der Waals surface area contributed by atoms with Crippen molar-refractivity contribution in [1.29, 1.82) is 0 Å². The number of hydrogen-bond donors (Lipinski definition) is 1. The number of likely N-dealkylation sites (N-methyl/N-ethyl adjacent to an activating group) is 1. The minimum absolute atomic E-state index is 0.243. The van der Waals surface area contributed by atoms with Crippen molar-refractivity contribution < 1.29 is 5.11 Å². The average Bonchev–Trinajstić information content (AvgIpc) is 2.67. The molecule has 1 atom stereocenters. The first-order chi connectivity index (χ1) is 8.60. The van der Waals surface area contributed by atoms with Gasteiger partial charge in [0.05, 0.1) is 18.8 Å². The monoisotopic (exact) mass is 252 g/mol. The molecule has 0 spiro atoms. The smallest absolute Gasteiger partial charge is 0.0599 e. The summed E-state index contributed by atoms with van der Waals surface area (Å²) in [5.74, 6) is 0. The quantitative estimate of drug-likeness (QED) is 0.826. The SMILES string of the molecule is Cc1cc(C)n(CCN2CCN(C)C(CO)C2)n1. The molecular weight excluding hydrogens is 228 g/mol. The fraction of sp³-hybridized carbons (Fsp3) is 0.769. The normalized spacial score (nSPS) is 22.6. The number of aliphatic hydroxyl groups excluding tert-OH is 1. The molecule has 1 saturated heterocycles. The van der Waals surface area contributed by atoms with Crippen LogP contribution in [0.2, 0.25) is 0 Å². The molecule has 1 aromatic heterocycles. The first-order valence-corrected chi connectivity index (χ1v) is 6.64. The van der Waals surface area contributed by atoms with Crippen molar-refractivity contribution in [3.63, 3.8) is 0 Å². The van der Waals surface area contributed by atoms with Gasteiger partial charge in [0.25, 0.3) is 0 Å². The Bertz CT molecular complexity index is 390. The third-order valence-corrected chi connectivity index (χ3v) is 3.80. The summed E-state index contributed by atoms with van der Waals surface area (Å²) in [6.07, 6.45) is 0. The predicted octanol–water partition coefficient (Wildman–Crippen LogP) is 0.108. The molecule has 1 unspecified atom stereocenters. The lowest BCUT2D eigenvalue weighted by molar-refractivity contribution is 0.0555. The van der Waals surface area contributed by atoms with Gasteiger partial charge in [-0.15, -0.1) is 0 Å². The van der Waals surface area contributed by atoms with E-state index >= 15 is 0 Å². The second-order valence-corrected chi connectivity index (χ2v) is 5.27. The highest BCUT2D eigenvalue weighted by atomic mass is 16.3. The standard InChI is InChI=1S/C13H24N4O/c1-11-8-12(2)17(14-11)7-6-16-5-4-15(3)13(9-16)10-18/h8,13,18H,4-7,9-10H2,1-3H3. The Morgan fingerprint density at radius 1 is 1.33 bits per heavy atom. The largest absolute Gasteiger partial charge is 0.395 e. The van der Waals surface area contributed by atoms with Crippen molar-refractivity contribution in [2.75, 3.05) is 39.8 Å². The summed E-state index contributed by atoms with van der Waals surface area (Å²) in [7, 11) is 2.08. The summed E-state index contributed by atoms with van der Waals surface area (Å²) >= 11 is 0. The summed E-state index contributed by atoms with van der Waals surface area (Å²) < 4.78 is 2.07. The minimum atomic E-state index is 0.243. The van der Waals surface area contributed by atoms with Crippen LogP contribution in [0.3, 0.4) is 0 Å². The van der Waals surface area contributed by atoms with Gasteiger partial charge in [-0.1, -0.05) is 0 Å². The van der Waals surface area contributed by atoms with Crippen molar-refractivity contribution in [2.24, 2.45) is 0 Å². The molecule has 1 fully saturated rings. The van der Waals surface area contributed by atoms with E-state index in [2.05, 4.69) is 39.6 Å². The molecule has 0 amide bonds. The van der Waals surface area contributed by atoms with Gasteiger partial charge in [0.2, 0.25) is 0 Å². The van der Waals surface area contributed by atoms with Crippen LogP contribution in [0.1, 0.15) is 11.4 Å². The van der Waals surface area contributed by atoms with Gasteiger partial charge in [0.1, 0.15) is 0 Å². The number of aryl methyl sites for hydroxylation is 2. The maximum atomic E-state index is 9.33. The highest BCUT2D eigenvalue weighted by Gasteiger charge is 2.23. The van der Waals surface area contributed by atoms with Gasteiger partial charge in [-0.25, -0.2) is 0 Å². The van der Waals surface area contributed by atoms with E-state index < -0.39 is 0 Å². The molecule has 2 rings (SSSR count). The van der Waals surface area contributed by atoms with Crippen LogP contribution >= 0.6 is 0 Å². The summed E-state index contributed by atoms with van der Waals surface area (Å²) in [5.41, 5.74) is 2.31. The van der Waals surface area contributed by atoms with E-state index in [0.717, 1.165) is 38.4 Å². The molecule has 102 valence electrons. The van der Waals surface area contributed by atoms with E-state index in [4.69, 9.17) is 0 Å². The van der Waals surface area contributed by atoms with Crippen molar-refractivity contribution >= 4 is 0 Å². The van der Waals surface area contributed by atoms with Crippen LogP contribution in [0.5, 0.6) is 0 Å². The number of nitrogens with zero attached hydrogens (tertiary/aromatic N) is 4. The molecule has 1 aliphatic heterocycles. The average molecular weight is 252 g/mol. The van der Waals surface area contributed by atoms with E-state index in [0.29, 0.717) is 0 Å². The van der Waals surface area contributed by atoms with E-state index in [1.54, 1.807) is 0 Å². The van der Waals surface area contributed by atoms with E-state index in [-0.39, 0.29) is 12.6 Å². The number of rotatable bonds is 4. The fourth-order valence-corrected chi connectivity index (χ4v) is 2.55. The summed E-state index contributed by atoms with van der Waals surface area (Å²) in [5, 5.41) is 13.8. The molecule has 1 aromatic rings. The first-order valence-electron chi connectivity index (χ1n) is 6.64. The topological polar surface area (TPSA) is 44.5 Å². The van der Waals surface area contributed by atoms with Gasteiger partial charge < -0.3 is 5.11 Å². The van der Waals surface area contributed by atoms with Crippen LogP contribution < -0.4 is 0 Å². The second kappa shape index (κ2) is 5.82. The number of hydrogen-bond acceptors (Lipinski definition) is 4. The van der Waals surface area contributed by atoms with Crippen LogP contribution in [0.25, 0.3) is 0 Å². The van der Waals surface area contributed by atoms with E-state index in [1.165, 1.54) is 5.69 Å². The summed E-state index contributed by atoms with van der Waals surface area (Å²) in [6, 6.07) is 2.39. The maximum Gasteiger partial charge on any atom is 0.0599 e. The van der Waals surface area contributed by atoms with Crippen LogP contribution in [-0.2, 0) is 6.54 Å². The molecule has 5 heteroatoms. The van der Waals surface area contributed by atoms with Gasteiger partial charge >= 0.3 is 0 Å². The van der Waals surface area contributed by atoms with Crippen LogP contribution in [-0.4, -0.2) is 70.6 Å². The zero-order valence-corrected chi connectivity index (χ0v) is 11.6. The molecule has 1 N–H and O–H groups in total. The number of aliphatic hydroxyl groups is 1. The van der Waals surface area contributed by atoms with E-state index in [1.807, 2.05) is 6.92 Å². The Morgan fingerprint density at radius 2 is 2.11 bits per heavy atom. The van der Waals surface area contributed by atoms with Crippen LogP contribution in [0.15, 0.2) is 6.07 Å². The Hall–Kier alpha value is -0.910. The Balaban J connectivity index is 1.85. The second-order valence-electron chi connectivity index (χ2n) is 5.27. The Labute approximate surface area is 109 Å². The molecule has 0 aromatic carbocycles. The highest BCUT2D eigenvalue weighted by molar-refractivity contribution is 5.06. The molecular formula is C13H24N4O. The fourth-order valence-electron chi connectivity index (χ4n) is 2.55. The van der Waals surface area contributed by atoms with Crippen LogP contribution in [0, 0.1) is 13.8 Å². The van der Waals surface area contributed by atoms with Gasteiger partial charge in [0, 0.05) is 37.9 Å². The van der Waals surface area contributed by atoms with Crippen molar-refractivity contribution in [2.45, 2.75) is 26.4 Å². The third kappa shape index (κ3) is 3.10. The molecule has 0 aliphatic carbocycles. The summed E-state index contributed by atoms with van der Waals surface area (Å²) in [4.78, 5) is 4.65. The minimum Gasteiger partial charge on any atom is -0.395 e. The third-order valence-electron chi connectivity index (χ3n) is 3.80. The number of piperazine rings is 1. The van der Waals surface area contributed by atoms with Gasteiger partial charge in [-0.05, 0) is 27.0 Å². The first kappa shape index (κ1) is 13.5. The zero-order valence-electron chi connectivity index (χ0n) is 11.6. The van der Waals surface area contributed by atoms with E-state index in [9.17, 15) is 5.11 Å². The molecule has 0 bridgehead atoms. The zero-order chi connectivity index (χ0) is 13.1. The lowest BCUT2D eigenvalue weighted by atomic mass is 10.2. The Kier molecular flexibility index (Phi) is 4.37. The number of aromatic nitrogens is 2. The van der Waals surface area contributed by atoms with Crippen molar-refractivity contribution in [3.05, 3.63) is 17.5 Å². The lowest BCUT2D eigenvalue weighted by Gasteiger charge is -2.38. The molecule has 0 saturated carbocycles. The van der Waals surface area contributed by atoms with Crippen molar-refractivity contribution in [3.8, 4) is 0 Å². The van der Waals surface area contributed by atoms with Gasteiger partial charge in [0.15, 0.2) is 0 Å². The molecule has 0 radical (unpaired) electrons. The molecule has 2 heterocycles. The summed E-state index contributed by atoms with van der Waals surface area (Å²) in [6.45, 7) is 9.36. The Morgan fingerprint density at radius 3 is 2.72 bits per heavy atom. The maximum absolute atomic E-state index is 9.33. The molecule has 18 heavy (non-hydrogen) atoms. The predicted molar refractivity (Wildman–Crippen MR) is 71.6 cm³/mol. The molecule has 5 nitrogen and oxygen atoms in total. The lowest BCUT2D eigenvalue weighted by Crippen LogP contribution is -2.53. The molecule has 1 aliphatic rings.